The second-order valence-corrected chi connectivity index (χ2v) is 6.12. The first-order valence-electron chi connectivity index (χ1n) is 8.41. The number of ether oxygens (including phenoxy) is 1. The Kier molecular flexibility index (Phi) is 5.11. The summed E-state index contributed by atoms with van der Waals surface area (Å²) in [7, 11) is 1.78. The first-order valence-corrected chi connectivity index (χ1v) is 8.41. The van der Waals surface area contributed by atoms with Crippen LogP contribution < -0.4 is 11.1 Å². The van der Waals surface area contributed by atoms with Gasteiger partial charge in [-0.3, -0.25) is 18.8 Å². The number of rotatable bonds is 6. The van der Waals surface area contributed by atoms with Gasteiger partial charge in [-0.15, -0.1) is 0 Å². The van der Waals surface area contributed by atoms with Crippen LogP contribution in [0.1, 0.15) is 17.8 Å². The van der Waals surface area contributed by atoms with Gasteiger partial charge >= 0.3 is 11.7 Å². The topological polar surface area (TPSA) is 108 Å². The first kappa shape index (κ1) is 18.4. The van der Waals surface area contributed by atoms with Crippen LogP contribution in [-0.2, 0) is 27.9 Å². The van der Waals surface area contributed by atoms with E-state index in [0.717, 1.165) is 5.69 Å². The van der Waals surface area contributed by atoms with Gasteiger partial charge in [0.2, 0.25) is 0 Å². The number of amides is 1. The fraction of sp³-hybridized carbons (Fsp3) is 0.333. The molecule has 0 radical (unpaired) electrons. The van der Waals surface area contributed by atoms with Crippen LogP contribution in [0.15, 0.2) is 33.5 Å². The Bertz CT molecular complexity index is 1060. The van der Waals surface area contributed by atoms with Crippen LogP contribution in [0.3, 0.4) is 0 Å². The van der Waals surface area contributed by atoms with Gasteiger partial charge in [-0.25, -0.2) is 4.79 Å². The van der Waals surface area contributed by atoms with Crippen molar-refractivity contribution in [3.8, 4) is 0 Å². The monoisotopic (exact) mass is 372 g/mol. The molecular formula is C18H20N4O5. The molecule has 9 nitrogen and oxygen atoms in total. The maximum Gasteiger partial charge on any atom is 0.419 e. The first-order chi connectivity index (χ1) is 12.9. The van der Waals surface area contributed by atoms with Crippen molar-refractivity contribution in [1.82, 2.24) is 14.3 Å². The number of anilines is 1. The molecule has 2 aromatic heterocycles. The molecule has 0 bridgehead atoms. The fourth-order valence-electron chi connectivity index (χ4n) is 2.78. The van der Waals surface area contributed by atoms with Gasteiger partial charge in [-0.1, -0.05) is 12.1 Å². The molecule has 0 spiro atoms. The van der Waals surface area contributed by atoms with Crippen molar-refractivity contribution < 1.29 is 18.7 Å². The van der Waals surface area contributed by atoms with Crippen molar-refractivity contribution in [2.45, 2.75) is 26.8 Å². The molecule has 1 amide bonds. The molecule has 2 heterocycles. The van der Waals surface area contributed by atoms with Crippen LogP contribution in [0.5, 0.6) is 0 Å². The second kappa shape index (κ2) is 7.48. The van der Waals surface area contributed by atoms with Gasteiger partial charge in [0.05, 0.1) is 29.0 Å². The molecule has 1 aromatic carbocycles. The highest BCUT2D eigenvalue weighted by Crippen LogP contribution is 2.18. The zero-order valence-electron chi connectivity index (χ0n) is 15.3. The molecule has 27 heavy (non-hydrogen) atoms. The molecule has 0 atom stereocenters. The van der Waals surface area contributed by atoms with Crippen LogP contribution in [0, 0.1) is 13.8 Å². The molecular weight excluding hydrogens is 352 g/mol. The number of nitrogens with one attached hydrogen (secondary N) is 1. The Hall–Kier alpha value is -3.36. The molecule has 0 saturated carbocycles. The van der Waals surface area contributed by atoms with E-state index in [-0.39, 0.29) is 13.0 Å². The van der Waals surface area contributed by atoms with Crippen molar-refractivity contribution in [3.63, 3.8) is 0 Å². The summed E-state index contributed by atoms with van der Waals surface area (Å²) in [6.45, 7) is 3.31. The van der Waals surface area contributed by atoms with Crippen LogP contribution in [0.25, 0.3) is 11.1 Å². The Morgan fingerprint density at radius 1 is 1.26 bits per heavy atom. The second-order valence-electron chi connectivity index (χ2n) is 6.12. The van der Waals surface area contributed by atoms with E-state index in [1.54, 1.807) is 42.9 Å². The zero-order chi connectivity index (χ0) is 19.6. The summed E-state index contributed by atoms with van der Waals surface area (Å²) in [6.07, 6.45) is -0.0539. The number of benzene rings is 1. The Balaban J connectivity index is 1.53. The van der Waals surface area contributed by atoms with Gasteiger partial charge in [0.15, 0.2) is 12.2 Å². The number of hydrogen-bond acceptors (Lipinski definition) is 6. The van der Waals surface area contributed by atoms with Gasteiger partial charge < -0.3 is 14.5 Å². The molecule has 0 saturated heterocycles. The number of carbonyl (C=O) groups excluding carboxylic acids is 2. The lowest BCUT2D eigenvalue weighted by molar-refractivity contribution is -0.147. The molecule has 142 valence electrons. The quantitative estimate of drug-likeness (QED) is 0.657. The summed E-state index contributed by atoms with van der Waals surface area (Å²) in [5.74, 6) is -1.57. The molecule has 9 heteroatoms. The van der Waals surface area contributed by atoms with E-state index in [2.05, 4.69) is 10.4 Å². The van der Waals surface area contributed by atoms with Crippen LogP contribution in [0.2, 0.25) is 0 Å². The minimum absolute atomic E-state index is 0.0539. The number of aromatic nitrogens is 3. The smallest absolute Gasteiger partial charge is 0.419 e. The van der Waals surface area contributed by atoms with Crippen molar-refractivity contribution in [3.05, 3.63) is 46.2 Å². The summed E-state index contributed by atoms with van der Waals surface area (Å²) in [6, 6.07) is 6.95. The highest BCUT2D eigenvalue weighted by molar-refractivity contribution is 5.93. The maximum atomic E-state index is 12.0. The average Bonchev–Trinajstić information content (AvgIpc) is 3.08. The lowest BCUT2D eigenvalue weighted by Crippen LogP contribution is -2.23. The molecule has 0 aliphatic carbocycles. The van der Waals surface area contributed by atoms with Crippen molar-refractivity contribution in [2.75, 3.05) is 11.9 Å². The Morgan fingerprint density at radius 2 is 2.00 bits per heavy atom. The molecule has 3 aromatic rings. The van der Waals surface area contributed by atoms with Crippen molar-refractivity contribution >= 4 is 28.7 Å². The van der Waals surface area contributed by atoms with Gasteiger partial charge in [0.25, 0.3) is 5.91 Å². The predicted molar refractivity (Wildman–Crippen MR) is 97.4 cm³/mol. The summed E-state index contributed by atoms with van der Waals surface area (Å²) >= 11 is 0. The van der Waals surface area contributed by atoms with Gasteiger partial charge in [0, 0.05) is 13.6 Å². The lowest BCUT2D eigenvalue weighted by atomic mass is 10.3. The molecule has 3 rings (SSSR count). The Labute approximate surface area is 154 Å². The number of hydrogen-bond donors (Lipinski definition) is 1. The number of carbonyl (C=O) groups is 2. The number of esters is 1. The molecule has 0 aliphatic rings. The number of fused-ring (bicyclic) bond motifs is 1. The number of para-hydroxylation sites is 2. The third kappa shape index (κ3) is 3.91. The minimum Gasteiger partial charge on any atom is -0.456 e. The number of oxazole rings is 1. The molecule has 0 fully saturated rings. The lowest BCUT2D eigenvalue weighted by Gasteiger charge is -2.07. The third-order valence-corrected chi connectivity index (χ3v) is 4.25. The summed E-state index contributed by atoms with van der Waals surface area (Å²) in [5, 5.41) is 6.89. The van der Waals surface area contributed by atoms with Gasteiger partial charge in [-0.05, 0) is 26.0 Å². The molecule has 1 N–H and O–H groups in total. The zero-order valence-corrected chi connectivity index (χ0v) is 15.3. The largest absolute Gasteiger partial charge is 0.456 e. The Morgan fingerprint density at radius 3 is 2.70 bits per heavy atom. The number of aryl methyl sites for hydroxylation is 3. The van der Waals surface area contributed by atoms with E-state index >= 15 is 0 Å². The predicted octanol–water partition coefficient (Wildman–Crippen LogP) is 1.52. The summed E-state index contributed by atoms with van der Waals surface area (Å²) in [5.41, 5.74) is 3.15. The van der Waals surface area contributed by atoms with E-state index < -0.39 is 24.2 Å². The highest BCUT2D eigenvalue weighted by atomic mass is 16.5. The van der Waals surface area contributed by atoms with Gasteiger partial charge in [-0.2, -0.15) is 5.10 Å². The standard InChI is InChI=1S/C18H20N4O5/c1-11-17(12(2)21(3)20-11)19-15(23)10-26-16(24)8-9-22-13-6-4-5-7-14(13)27-18(22)25/h4-7H,8-10H2,1-3H3,(H,19,23). The van der Waals surface area contributed by atoms with Crippen molar-refractivity contribution in [2.24, 2.45) is 7.05 Å². The number of nitrogens with zero attached hydrogens (tertiary/aromatic N) is 3. The van der Waals surface area contributed by atoms with E-state index in [9.17, 15) is 14.4 Å². The highest BCUT2D eigenvalue weighted by Gasteiger charge is 2.15. The summed E-state index contributed by atoms with van der Waals surface area (Å²) in [4.78, 5) is 35.8. The molecule has 0 aliphatic heterocycles. The minimum atomic E-state index is -0.582. The summed E-state index contributed by atoms with van der Waals surface area (Å²) < 4.78 is 13.1. The van der Waals surface area contributed by atoms with E-state index in [4.69, 9.17) is 9.15 Å². The van der Waals surface area contributed by atoms with Crippen molar-refractivity contribution in [1.29, 1.82) is 0 Å². The fourth-order valence-corrected chi connectivity index (χ4v) is 2.78. The van der Waals surface area contributed by atoms with Gasteiger partial charge in [0.1, 0.15) is 0 Å². The SMILES string of the molecule is Cc1nn(C)c(C)c1NC(=O)COC(=O)CCn1c(=O)oc2ccccc21. The average molecular weight is 372 g/mol. The van der Waals surface area contributed by atoms with Crippen LogP contribution >= 0.6 is 0 Å². The maximum absolute atomic E-state index is 12.0. The molecule has 0 unspecified atom stereocenters. The van der Waals surface area contributed by atoms with E-state index in [1.807, 2.05) is 6.92 Å². The third-order valence-electron chi connectivity index (χ3n) is 4.25. The van der Waals surface area contributed by atoms with E-state index in [1.165, 1.54) is 4.57 Å². The van der Waals surface area contributed by atoms with E-state index in [0.29, 0.717) is 22.5 Å². The normalized spacial score (nSPS) is 10.9. The van der Waals surface area contributed by atoms with Crippen LogP contribution in [0.4, 0.5) is 5.69 Å². The van der Waals surface area contributed by atoms with Crippen LogP contribution in [-0.4, -0.2) is 32.8 Å².